The van der Waals surface area contributed by atoms with E-state index in [0.717, 1.165) is 17.5 Å². The highest BCUT2D eigenvalue weighted by molar-refractivity contribution is 5.94. The van der Waals surface area contributed by atoms with E-state index in [-0.39, 0.29) is 17.5 Å². The molecule has 1 atom stereocenters. The molecule has 6 heteroatoms. The van der Waals surface area contributed by atoms with Crippen LogP contribution in [0.5, 0.6) is 0 Å². The number of carbonyl (C=O) groups excluding carboxylic acids is 1. The average molecular weight is 393 g/mol. The third-order valence-electron chi connectivity index (χ3n) is 5.16. The summed E-state index contributed by atoms with van der Waals surface area (Å²) >= 11 is 0. The molecule has 151 valence electrons. The number of amides is 1. The molecule has 0 aliphatic carbocycles. The Morgan fingerprint density at radius 3 is 2.79 bits per heavy atom. The summed E-state index contributed by atoms with van der Waals surface area (Å²) in [5.41, 5.74) is 2.71. The van der Waals surface area contributed by atoms with Gasteiger partial charge in [-0.15, -0.1) is 0 Å². The van der Waals surface area contributed by atoms with Crippen molar-refractivity contribution in [3.63, 3.8) is 0 Å². The van der Waals surface area contributed by atoms with Crippen LogP contribution in [0, 0.1) is 16.2 Å². The summed E-state index contributed by atoms with van der Waals surface area (Å²) in [4.78, 5) is 25.4. The van der Waals surface area contributed by atoms with E-state index in [9.17, 15) is 20.0 Å². The molecular weight excluding hydrogens is 368 g/mol. The van der Waals surface area contributed by atoms with Gasteiger partial charge in [0.25, 0.3) is 5.69 Å². The van der Waals surface area contributed by atoms with Crippen LogP contribution < -0.4 is 0 Å². The van der Waals surface area contributed by atoms with E-state index in [2.05, 4.69) is 6.07 Å². The number of piperidine rings is 1. The molecule has 1 amide bonds. The lowest BCUT2D eigenvalue weighted by Gasteiger charge is -2.29. The SMILES string of the molecule is CC(C)c1ccccc1-c1c([N+](=O)[O-])[c]ccc1/C=C/C(=O)N1CCCC(O)C1. The van der Waals surface area contributed by atoms with Crippen molar-refractivity contribution in [1.82, 2.24) is 4.90 Å². The second-order valence-electron chi connectivity index (χ2n) is 7.57. The number of hydrogen-bond donors (Lipinski definition) is 1. The van der Waals surface area contributed by atoms with Gasteiger partial charge in [-0.25, -0.2) is 0 Å². The Hall–Kier alpha value is -2.99. The lowest BCUT2D eigenvalue weighted by molar-refractivity contribution is -0.384. The van der Waals surface area contributed by atoms with Gasteiger partial charge in [0.1, 0.15) is 0 Å². The van der Waals surface area contributed by atoms with Crippen molar-refractivity contribution in [2.24, 2.45) is 0 Å². The zero-order valence-corrected chi connectivity index (χ0v) is 16.7. The molecular formula is C23H25N2O4. The highest BCUT2D eigenvalue weighted by atomic mass is 16.6. The zero-order valence-electron chi connectivity index (χ0n) is 16.7. The van der Waals surface area contributed by atoms with Gasteiger partial charge in [-0.3, -0.25) is 14.9 Å². The van der Waals surface area contributed by atoms with E-state index in [4.69, 9.17) is 0 Å². The molecule has 0 aromatic heterocycles. The van der Waals surface area contributed by atoms with Crippen molar-refractivity contribution in [1.29, 1.82) is 0 Å². The molecule has 6 nitrogen and oxygen atoms in total. The van der Waals surface area contributed by atoms with Crippen molar-refractivity contribution in [2.45, 2.75) is 38.7 Å². The first-order chi connectivity index (χ1) is 13.9. The van der Waals surface area contributed by atoms with Crippen LogP contribution in [0.2, 0.25) is 0 Å². The Balaban J connectivity index is 2.03. The Morgan fingerprint density at radius 2 is 2.10 bits per heavy atom. The third kappa shape index (κ3) is 4.71. The summed E-state index contributed by atoms with van der Waals surface area (Å²) < 4.78 is 0. The second-order valence-corrected chi connectivity index (χ2v) is 7.57. The molecule has 1 radical (unpaired) electrons. The number of nitro groups is 1. The molecule has 1 fully saturated rings. The van der Waals surface area contributed by atoms with Crippen molar-refractivity contribution in [3.8, 4) is 11.1 Å². The average Bonchev–Trinajstić information content (AvgIpc) is 2.71. The van der Waals surface area contributed by atoms with Gasteiger partial charge in [-0.05, 0) is 47.6 Å². The van der Waals surface area contributed by atoms with Gasteiger partial charge in [0, 0.05) is 19.2 Å². The maximum atomic E-state index is 12.5. The number of β-amino-alcohol motifs (C(OH)–C–C–N with tert-alkyl or cyclic N) is 1. The van der Waals surface area contributed by atoms with Gasteiger partial charge in [0.2, 0.25) is 5.91 Å². The largest absolute Gasteiger partial charge is 0.391 e. The van der Waals surface area contributed by atoms with Crippen molar-refractivity contribution >= 4 is 17.7 Å². The highest BCUT2D eigenvalue weighted by Gasteiger charge is 2.23. The van der Waals surface area contributed by atoms with Crippen LogP contribution in [-0.4, -0.2) is 40.0 Å². The molecule has 29 heavy (non-hydrogen) atoms. The van der Waals surface area contributed by atoms with Crippen LogP contribution in [0.1, 0.15) is 43.7 Å². The molecule has 2 aromatic carbocycles. The fourth-order valence-corrected chi connectivity index (χ4v) is 3.72. The van der Waals surface area contributed by atoms with Crippen molar-refractivity contribution in [2.75, 3.05) is 13.1 Å². The fraction of sp³-hybridized carbons (Fsp3) is 0.348. The summed E-state index contributed by atoms with van der Waals surface area (Å²) in [6, 6.07) is 13.6. The van der Waals surface area contributed by atoms with Crippen LogP contribution in [-0.2, 0) is 4.79 Å². The first-order valence-electron chi connectivity index (χ1n) is 9.82. The Kier molecular flexibility index (Phi) is 6.44. The highest BCUT2D eigenvalue weighted by Crippen LogP contribution is 2.38. The number of nitro benzene ring substituents is 1. The number of carbonyl (C=O) groups is 1. The van der Waals surface area contributed by atoms with Crippen LogP contribution in [0.4, 0.5) is 5.69 Å². The lowest BCUT2D eigenvalue weighted by Crippen LogP contribution is -2.41. The number of aliphatic hydroxyl groups is 1. The van der Waals surface area contributed by atoms with Gasteiger partial charge in [-0.2, -0.15) is 0 Å². The van der Waals surface area contributed by atoms with Crippen LogP contribution in [0.25, 0.3) is 17.2 Å². The van der Waals surface area contributed by atoms with Gasteiger partial charge in [0.05, 0.1) is 22.7 Å². The summed E-state index contributed by atoms with van der Waals surface area (Å²) in [5, 5.41) is 21.5. The molecule has 1 unspecified atom stereocenters. The minimum atomic E-state index is -0.498. The maximum absolute atomic E-state index is 12.5. The van der Waals surface area contributed by atoms with Gasteiger partial charge < -0.3 is 10.0 Å². The summed E-state index contributed by atoms with van der Waals surface area (Å²) in [6.45, 7) is 5.00. The molecule has 3 rings (SSSR count). The molecule has 2 aromatic rings. The van der Waals surface area contributed by atoms with E-state index >= 15 is 0 Å². The number of nitrogens with zero attached hydrogens (tertiary/aromatic N) is 2. The monoisotopic (exact) mass is 393 g/mol. The summed E-state index contributed by atoms with van der Waals surface area (Å²) in [7, 11) is 0. The fourth-order valence-electron chi connectivity index (χ4n) is 3.72. The summed E-state index contributed by atoms with van der Waals surface area (Å²) in [6.07, 6.45) is 4.01. The number of rotatable bonds is 5. The number of likely N-dealkylation sites (tertiary alicyclic amines) is 1. The number of aliphatic hydroxyl groups excluding tert-OH is 1. The molecule has 0 saturated carbocycles. The van der Waals surface area contributed by atoms with Crippen molar-refractivity contribution < 1.29 is 14.8 Å². The molecule has 0 spiro atoms. The first kappa shape index (κ1) is 20.7. The normalized spacial score (nSPS) is 17.1. The Labute approximate surface area is 170 Å². The standard InChI is InChI=1S/C23H25N2O4/c1-16(2)19-9-3-4-10-20(19)23-17(7-5-11-21(23)25(28)29)12-13-22(27)24-14-6-8-18(26)15-24/h3-5,7,9-10,12-13,16,18,26H,6,8,14-15H2,1-2H3/b13-12+. The predicted octanol–water partition coefficient (Wildman–Crippen LogP) is 4.18. The Morgan fingerprint density at radius 1 is 1.34 bits per heavy atom. The number of hydrogen-bond acceptors (Lipinski definition) is 4. The second kappa shape index (κ2) is 9.01. The third-order valence-corrected chi connectivity index (χ3v) is 5.16. The Bertz CT molecular complexity index is 936. The molecule has 1 aliphatic rings. The lowest BCUT2D eigenvalue weighted by atomic mass is 9.89. The van der Waals surface area contributed by atoms with E-state index in [1.54, 1.807) is 17.0 Å². The minimum Gasteiger partial charge on any atom is -0.391 e. The van der Waals surface area contributed by atoms with Crippen LogP contribution in [0.3, 0.4) is 0 Å². The smallest absolute Gasteiger partial charge is 0.285 e. The van der Waals surface area contributed by atoms with E-state index < -0.39 is 11.0 Å². The van der Waals surface area contributed by atoms with Crippen LogP contribution >= 0.6 is 0 Å². The molecule has 1 aliphatic heterocycles. The molecule has 0 bridgehead atoms. The van der Waals surface area contributed by atoms with Gasteiger partial charge >= 0.3 is 0 Å². The topological polar surface area (TPSA) is 83.7 Å². The van der Waals surface area contributed by atoms with Gasteiger partial charge in [-0.1, -0.05) is 44.2 Å². The van der Waals surface area contributed by atoms with E-state index in [1.165, 1.54) is 12.1 Å². The van der Waals surface area contributed by atoms with Gasteiger partial charge in [0.15, 0.2) is 0 Å². The van der Waals surface area contributed by atoms with E-state index in [0.29, 0.717) is 30.6 Å². The number of benzene rings is 2. The molecule has 1 saturated heterocycles. The summed E-state index contributed by atoms with van der Waals surface area (Å²) in [5.74, 6) is -0.0263. The maximum Gasteiger partial charge on any atom is 0.285 e. The van der Waals surface area contributed by atoms with Crippen LogP contribution in [0.15, 0.2) is 42.5 Å². The minimum absolute atomic E-state index is 0.110. The molecule has 1 heterocycles. The van der Waals surface area contributed by atoms with E-state index in [1.807, 2.05) is 38.1 Å². The first-order valence-corrected chi connectivity index (χ1v) is 9.82. The quantitative estimate of drug-likeness (QED) is 0.469. The predicted molar refractivity (Wildman–Crippen MR) is 112 cm³/mol. The van der Waals surface area contributed by atoms with Crippen molar-refractivity contribution in [3.05, 3.63) is 69.8 Å². The molecule has 1 N–H and O–H groups in total. The zero-order chi connectivity index (χ0) is 21.0.